The SMILES string of the molecule is CCCCc1ncc(COCOCCOC)n1C(c1ccc(C(C(=O)O)C2CCCC2)cc1)C(F)(F)F. The van der Waals surface area contributed by atoms with E-state index in [1.165, 1.54) is 35.0 Å². The maximum absolute atomic E-state index is 14.6. The number of ether oxygens (including phenoxy) is 3. The molecule has 1 fully saturated rings. The second kappa shape index (κ2) is 13.9. The number of carboxylic acids is 1. The highest BCUT2D eigenvalue weighted by molar-refractivity contribution is 5.76. The van der Waals surface area contributed by atoms with Crippen molar-refractivity contribution in [3.8, 4) is 0 Å². The molecule has 1 heterocycles. The summed E-state index contributed by atoms with van der Waals surface area (Å²) in [6.45, 7) is 2.49. The highest BCUT2D eigenvalue weighted by Crippen LogP contribution is 2.41. The van der Waals surface area contributed by atoms with Crippen LogP contribution in [-0.4, -0.2) is 53.9 Å². The Balaban J connectivity index is 1.90. The Morgan fingerprint density at radius 3 is 2.41 bits per heavy atom. The monoisotopic (exact) mass is 526 g/mol. The molecule has 1 aliphatic rings. The van der Waals surface area contributed by atoms with Crippen LogP contribution in [0, 0.1) is 5.92 Å². The number of aromatic nitrogens is 2. The van der Waals surface area contributed by atoms with E-state index in [1.54, 1.807) is 7.11 Å². The molecule has 0 radical (unpaired) electrons. The molecule has 1 N–H and O–H groups in total. The lowest BCUT2D eigenvalue weighted by Crippen LogP contribution is -2.30. The zero-order valence-corrected chi connectivity index (χ0v) is 21.5. The lowest BCUT2D eigenvalue weighted by atomic mass is 9.84. The van der Waals surface area contributed by atoms with Gasteiger partial charge in [0.2, 0.25) is 0 Å². The van der Waals surface area contributed by atoms with Crippen molar-refractivity contribution in [3.63, 3.8) is 0 Å². The van der Waals surface area contributed by atoms with Gasteiger partial charge in [-0.15, -0.1) is 0 Å². The molecule has 1 aliphatic carbocycles. The molecule has 3 rings (SSSR count). The maximum Gasteiger partial charge on any atom is 0.413 e. The molecule has 0 bridgehead atoms. The van der Waals surface area contributed by atoms with E-state index in [2.05, 4.69) is 4.98 Å². The summed E-state index contributed by atoms with van der Waals surface area (Å²) in [5, 5.41) is 9.83. The normalized spacial score (nSPS) is 16.2. The molecule has 2 aromatic rings. The Labute approximate surface area is 215 Å². The first-order valence-electron chi connectivity index (χ1n) is 12.9. The van der Waals surface area contributed by atoms with Crippen LogP contribution in [-0.2, 0) is 32.0 Å². The molecule has 206 valence electrons. The van der Waals surface area contributed by atoms with Crippen LogP contribution in [0.5, 0.6) is 0 Å². The topological polar surface area (TPSA) is 82.8 Å². The fourth-order valence-corrected chi connectivity index (χ4v) is 5.06. The van der Waals surface area contributed by atoms with Crippen LogP contribution >= 0.6 is 0 Å². The van der Waals surface area contributed by atoms with E-state index >= 15 is 0 Å². The minimum atomic E-state index is -4.61. The zero-order chi connectivity index (χ0) is 26.8. The summed E-state index contributed by atoms with van der Waals surface area (Å²) in [4.78, 5) is 16.3. The number of halogens is 3. The Morgan fingerprint density at radius 1 is 1.14 bits per heavy atom. The van der Waals surface area contributed by atoms with E-state index in [-0.39, 0.29) is 24.9 Å². The number of alkyl halides is 3. The van der Waals surface area contributed by atoms with Crippen molar-refractivity contribution >= 4 is 5.97 Å². The molecule has 2 unspecified atom stereocenters. The number of carboxylic acid groups (broad SMARTS) is 1. The van der Waals surface area contributed by atoms with Crippen molar-refractivity contribution in [2.45, 2.75) is 76.6 Å². The standard InChI is InChI=1S/C27H37F3N2O5/c1-3-4-9-23-31-16-22(17-37-18-36-15-14-35-2)32(23)25(27(28,29)30)21-12-10-20(11-13-21)24(26(33)34)19-7-5-6-8-19/h10-13,16,19,24-25H,3-9,14-15,17-18H2,1-2H3,(H,33,34). The van der Waals surface area contributed by atoms with Crippen LogP contribution in [0.25, 0.3) is 0 Å². The lowest BCUT2D eigenvalue weighted by Gasteiger charge is -2.27. The first kappa shape index (κ1) is 29.1. The molecular formula is C27H37F3N2O5. The highest BCUT2D eigenvalue weighted by atomic mass is 19.4. The fourth-order valence-electron chi connectivity index (χ4n) is 5.06. The summed E-state index contributed by atoms with van der Waals surface area (Å²) in [7, 11) is 1.54. The number of rotatable bonds is 15. The number of aryl methyl sites for hydroxylation is 1. The van der Waals surface area contributed by atoms with Gasteiger partial charge < -0.3 is 23.9 Å². The summed E-state index contributed by atoms with van der Waals surface area (Å²) in [6.07, 6.45) is 2.32. The largest absolute Gasteiger partial charge is 0.481 e. The van der Waals surface area contributed by atoms with Crippen LogP contribution in [0.2, 0.25) is 0 Å². The van der Waals surface area contributed by atoms with Gasteiger partial charge in [0.1, 0.15) is 12.6 Å². The first-order valence-corrected chi connectivity index (χ1v) is 12.9. The molecule has 0 amide bonds. The minimum absolute atomic E-state index is 0.00548. The van der Waals surface area contributed by atoms with Gasteiger partial charge in [-0.3, -0.25) is 4.79 Å². The summed E-state index contributed by atoms with van der Waals surface area (Å²) in [5.74, 6) is -1.31. The van der Waals surface area contributed by atoms with Gasteiger partial charge in [0, 0.05) is 13.5 Å². The Bertz CT molecular complexity index is 971. The van der Waals surface area contributed by atoms with Crippen LogP contribution in [0.1, 0.15) is 80.1 Å². The van der Waals surface area contributed by atoms with E-state index < -0.39 is 24.1 Å². The lowest BCUT2D eigenvalue weighted by molar-refractivity contribution is -0.158. The third kappa shape index (κ3) is 7.78. The molecule has 1 aromatic carbocycles. The van der Waals surface area contributed by atoms with Crippen molar-refractivity contribution in [1.29, 1.82) is 0 Å². The fraction of sp³-hybridized carbons (Fsp3) is 0.630. The molecular weight excluding hydrogens is 489 g/mol. The van der Waals surface area contributed by atoms with Gasteiger partial charge in [-0.1, -0.05) is 50.5 Å². The maximum atomic E-state index is 14.6. The molecule has 10 heteroatoms. The average molecular weight is 527 g/mol. The molecule has 1 aromatic heterocycles. The first-order chi connectivity index (χ1) is 17.8. The molecule has 2 atom stereocenters. The summed E-state index contributed by atoms with van der Waals surface area (Å²) < 4.78 is 60.6. The Morgan fingerprint density at radius 2 is 1.81 bits per heavy atom. The zero-order valence-electron chi connectivity index (χ0n) is 21.5. The predicted molar refractivity (Wildman–Crippen MR) is 131 cm³/mol. The van der Waals surface area contributed by atoms with Crippen LogP contribution < -0.4 is 0 Å². The van der Waals surface area contributed by atoms with Crippen molar-refractivity contribution in [1.82, 2.24) is 9.55 Å². The van der Waals surface area contributed by atoms with Crippen LogP contribution in [0.3, 0.4) is 0 Å². The number of hydrogen-bond donors (Lipinski definition) is 1. The Kier molecular flexibility index (Phi) is 11.0. The summed E-state index contributed by atoms with van der Waals surface area (Å²) in [5.41, 5.74) is 0.861. The van der Waals surface area contributed by atoms with Gasteiger partial charge in [-0.05, 0) is 36.3 Å². The van der Waals surface area contributed by atoms with Crippen LogP contribution in [0.15, 0.2) is 30.5 Å². The molecule has 0 spiro atoms. The molecule has 37 heavy (non-hydrogen) atoms. The number of hydrogen-bond acceptors (Lipinski definition) is 5. The van der Waals surface area contributed by atoms with Gasteiger partial charge >= 0.3 is 12.1 Å². The number of methoxy groups -OCH3 is 1. The van der Waals surface area contributed by atoms with E-state index in [9.17, 15) is 23.1 Å². The average Bonchev–Trinajstić information content (AvgIpc) is 3.51. The van der Waals surface area contributed by atoms with Gasteiger partial charge in [0.25, 0.3) is 0 Å². The van der Waals surface area contributed by atoms with E-state index in [0.717, 1.165) is 32.1 Å². The Hall–Kier alpha value is -2.43. The minimum Gasteiger partial charge on any atom is -0.481 e. The smallest absolute Gasteiger partial charge is 0.413 e. The molecule has 0 aliphatic heterocycles. The van der Waals surface area contributed by atoms with Crippen molar-refractivity contribution in [2.75, 3.05) is 27.1 Å². The summed E-state index contributed by atoms with van der Waals surface area (Å²) in [6, 6.07) is 3.90. The van der Waals surface area contributed by atoms with E-state index in [0.29, 0.717) is 43.1 Å². The molecule has 7 nitrogen and oxygen atoms in total. The number of carbonyl (C=O) groups is 1. The van der Waals surface area contributed by atoms with Crippen molar-refractivity contribution in [2.24, 2.45) is 5.92 Å². The molecule has 1 saturated carbocycles. The third-order valence-electron chi connectivity index (χ3n) is 6.87. The van der Waals surface area contributed by atoms with Crippen molar-refractivity contribution in [3.05, 3.63) is 53.1 Å². The number of benzene rings is 1. The van der Waals surface area contributed by atoms with Gasteiger partial charge in [-0.25, -0.2) is 4.98 Å². The number of unbranched alkanes of at least 4 members (excludes halogenated alkanes) is 1. The quantitative estimate of drug-likeness (QED) is 0.231. The van der Waals surface area contributed by atoms with Crippen LogP contribution in [0.4, 0.5) is 13.2 Å². The summed E-state index contributed by atoms with van der Waals surface area (Å²) >= 11 is 0. The number of aliphatic carboxylic acids is 1. The van der Waals surface area contributed by atoms with Gasteiger partial charge in [0.15, 0.2) is 6.04 Å². The third-order valence-corrected chi connectivity index (χ3v) is 6.87. The van der Waals surface area contributed by atoms with E-state index in [4.69, 9.17) is 14.2 Å². The highest BCUT2D eigenvalue weighted by Gasteiger charge is 2.44. The van der Waals surface area contributed by atoms with Gasteiger partial charge in [0.05, 0.1) is 37.6 Å². The number of nitrogens with zero attached hydrogens (tertiary/aromatic N) is 2. The van der Waals surface area contributed by atoms with Crippen molar-refractivity contribution < 1.29 is 37.3 Å². The van der Waals surface area contributed by atoms with Gasteiger partial charge in [-0.2, -0.15) is 13.2 Å². The number of imidazole rings is 1. The predicted octanol–water partition coefficient (Wildman–Crippen LogP) is 5.87. The molecule has 0 saturated heterocycles. The second-order valence-electron chi connectivity index (χ2n) is 9.48. The second-order valence-corrected chi connectivity index (χ2v) is 9.48. The van der Waals surface area contributed by atoms with E-state index in [1.807, 2.05) is 6.92 Å².